The van der Waals surface area contributed by atoms with Crippen LogP contribution in [0.5, 0.6) is 0 Å². The van der Waals surface area contributed by atoms with E-state index in [0.717, 1.165) is 16.8 Å². The first-order valence-electron chi connectivity index (χ1n) is 8.09. The summed E-state index contributed by atoms with van der Waals surface area (Å²) in [5.74, 6) is -0.876. The Labute approximate surface area is 149 Å². The molecule has 0 aliphatic rings. The van der Waals surface area contributed by atoms with Crippen molar-refractivity contribution in [3.63, 3.8) is 0 Å². The molecule has 0 saturated carbocycles. The van der Waals surface area contributed by atoms with E-state index in [1.54, 1.807) is 24.3 Å². The number of fused-ring (bicyclic) bond motifs is 1. The predicted molar refractivity (Wildman–Crippen MR) is 99.2 cm³/mol. The number of H-pyrrole nitrogens is 1. The van der Waals surface area contributed by atoms with E-state index in [-0.39, 0.29) is 23.7 Å². The van der Waals surface area contributed by atoms with Gasteiger partial charge in [0.25, 0.3) is 11.5 Å². The lowest BCUT2D eigenvalue weighted by Crippen LogP contribution is -2.34. The number of carbonyl (C=O) groups is 2. The number of hydrogen-bond donors (Lipinski definition) is 3. The van der Waals surface area contributed by atoms with Crippen LogP contribution in [0.3, 0.4) is 0 Å². The average Bonchev–Trinajstić information content (AvgIpc) is 2.63. The molecule has 7 heteroatoms. The molecule has 1 aromatic heterocycles. The van der Waals surface area contributed by atoms with Gasteiger partial charge < -0.3 is 10.6 Å². The van der Waals surface area contributed by atoms with Gasteiger partial charge in [-0.15, -0.1) is 0 Å². The normalized spacial score (nSPS) is 10.5. The highest BCUT2D eigenvalue weighted by Gasteiger charge is 2.15. The second kappa shape index (κ2) is 7.18. The fourth-order valence-electron chi connectivity index (χ4n) is 2.73. The molecule has 1 heterocycles. The van der Waals surface area contributed by atoms with Crippen LogP contribution in [0.15, 0.2) is 47.3 Å². The number of para-hydroxylation sites is 1. The summed E-state index contributed by atoms with van der Waals surface area (Å²) in [6.07, 6.45) is 0. The highest BCUT2D eigenvalue weighted by molar-refractivity contribution is 6.06. The lowest BCUT2D eigenvalue weighted by Gasteiger charge is -2.12. The number of aromatic amines is 1. The van der Waals surface area contributed by atoms with Crippen molar-refractivity contribution in [1.82, 2.24) is 15.5 Å². The van der Waals surface area contributed by atoms with Crippen LogP contribution in [-0.2, 0) is 4.79 Å². The van der Waals surface area contributed by atoms with Crippen molar-refractivity contribution in [1.29, 1.82) is 0 Å². The number of aromatic nitrogens is 2. The van der Waals surface area contributed by atoms with E-state index < -0.39 is 5.91 Å². The molecule has 0 radical (unpaired) electrons. The average molecular weight is 350 g/mol. The highest BCUT2D eigenvalue weighted by Crippen LogP contribution is 2.19. The van der Waals surface area contributed by atoms with Crippen LogP contribution in [0.1, 0.15) is 21.6 Å². The van der Waals surface area contributed by atoms with Gasteiger partial charge in [0.15, 0.2) is 5.69 Å². The van der Waals surface area contributed by atoms with Gasteiger partial charge in [-0.2, -0.15) is 5.10 Å². The Bertz CT molecular complexity index is 1040. The standard InChI is InChI=1S/C19H18N4O3/c1-11-6-5-7-12(2)16(11)21-15(24)10-20-19(26)17-13-8-3-4-9-14(13)18(25)23-22-17/h3-9H,10H2,1-2H3,(H,20,26)(H,21,24)(H,23,25). The molecule has 2 aromatic carbocycles. The van der Waals surface area contributed by atoms with Gasteiger partial charge in [-0.1, -0.05) is 36.4 Å². The molecule has 0 aliphatic heterocycles. The largest absolute Gasteiger partial charge is 0.342 e. The first kappa shape index (κ1) is 17.3. The number of rotatable bonds is 4. The second-order valence-electron chi connectivity index (χ2n) is 5.94. The molecule has 26 heavy (non-hydrogen) atoms. The van der Waals surface area contributed by atoms with Gasteiger partial charge in [0.1, 0.15) is 0 Å². The van der Waals surface area contributed by atoms with E-state index in [0.29, 0.717) is 10.8 Å². The Morgan fingerprint density at radius 2 is 1.65 bits per heavy atom. The van der Waals surface area contributed by atoms with E-state index in [2.05, 4.69) is 20.8 Å². The van der Waals surface area contributed by atoms with Crippen molar-refractivity contribution in [2.24, 2.45) is 0 Å². The maximum absolute atomic E-state index is 12.4. The van der Waals surface area contributed by atoms with Crippen LogP contribution in [0.4, 0.5) is 5.69 Å². The Balaban J connectivity index is 1.73. The third-order valence-corrected chi connectivity index (χ3v) is 4.07. The van der Waals surface area contributed by atoms with Gasteiger partial charge in [0.2, 0.25) is 5.91 Å². The molecule has 0 aliphatic carbocycles. The predicted octanol–water partition coefficient (Wildman–Crippen LogP) is 1.91. The fraction of sp³-hybridized carbons (Fsp3) is 0.158. The third-order valence-electron chi connectivity index (χ3n) is 4.07. The summed E-state index contributed by atoms with van der Waals surface area (Å²) in [5.41, 5.74) is 2.32. The molecular weight excluding hydrogens is 332 g/mol. The summed E-state index contributed by atoms with van der Waals surface area (Å²) in [4.78, 5) is 36.3. The number of anilines is 1. The third kappa shape index (κ3) is 3.46. The van der Waals surface area contributed by atoms with E-state index >= 15 is 0 Å². The Morgan fingerprint density at radius 3 is 2.35 bits per heavy atom. The number of amides is 2. The van der Waals surface area contributed by atoms with E-state index in [9.17, 15) is 14.4 Å². The van der Waals surface area contributed by atoms with Gasteiger partial charge in [0, 0.05) is 11.1 Å². The molecule has 0 bridgehead atoms. The molecule has 7 nitrogen and oxygen atoms in total. The topological polar surface area (TPSA) is 104 Å². The van der Waals surface area contributed by atoms with Crippen LogP contribution in [-0.4, -0.2) is 28.6 Å². The summed E-state index contributed by atoms with van der Waals surface area (Å²) in [7, 11) is 0. The number of benzene rings is 2. The summed E-state index contributed by atoms with van der Waals surface area (Å²) >= 11 is 0. The van der Waals surface area contributed by atoms with Crippen LogP contribution in [0, 0.1) is 13.8 Å². The van der Waals surface area contributed by atoms with Crippen LogP contribution >= 0.6 is 0 Å². The number of aryl methyl sites for hydroxylation is 2. The Kier molecular flexibility index (Phi) is 4.79. The molecule has 0 atom stereocenters. The molecular formula is C19H18N4O3. The number of nitrogens with one attached hydrogen (secondary N) is 3. The number of nitrogens with zero attached hydrogens (tertiary/aromatic N) is 1. The SMILES string of the molecule is Cc1cccc(C)c1NC(=O)CNC(=O)c1n[nH]c(=O)c2ccccc12. The maximum atomic E-state index is 12.4. The van der Waals surface area contributed by atoms with Crippen LogP contribution < -0.4 is 16.2 Å². The zero-order valence-electron chi connectivity index (χ0n) is 14.4. The molecule has 3 rings (SSSR count). The zero-order chi connectivity index (χ0) is 18.7. The quantitative estimate of drug-likeness (QED) is 0.668. The van der Waals surface area contributed by atoms with Crippen molar-refractivity contribution in [2.75, 3.05) is 11.9 Å². The lowest BCUT2D eigenvalue weighted by molar-refractivity contribution is -0.115. The summed E-state index contributed by atoms with van der Waals surface area (Å²) < 4.78 is 0. The van der Waals surface area contributed by atoms with Gasteiger partial charge in [-0.3, -0.25) is 14.4 Å². The van der Waals surface area contributed by atoms with Gasteiger partial charge in [-0.25, -0.2) is 5.10 Å². The van der Waals surface area contributed by atoms with Crippen molar-refractivity contribution in [2.45, 2.75) is 13.8 Å². The minimum atomic E-state index is -0.533. The molecule has 132 valence electrons. The molecule has 0 fully saturated rings. The van der Waals surface area contributed by atoms with Crippen molar-refractivity contribution in [3.05, 3.63) is 69.6 Å². The fourth-order valence-corrected chi connectivity index (χ4v) is 2.73. The van der Waals surface area contributed by atoms with Crippen LogP contribution in [0.25, 0.3) is 10.8 Å². The minimum absolute atomic E-state index is 0.0695. The van der Waals surface area contributed by atoms with E-state index in [1.165, 1.54) is 0 Å². The zero-order valence-corrected chi connectivity index (χ0v) is 14.4. The molecule has 3 aromatic rings. The Hall–Kier alpha value is -3.48. The first-order valence-corrected chi connectivity index (χ1v) is 8.09. The van der Waals surface area contributed by atoms with Gasteiger partial charge in [-0.05, 0) is 31.0 Å². The highest BCUT2D eigenvalue weighted by atomic mass is 16.2. The maximum Gasteiger partial charge on any atom is 0.272 e. The molecule has 0 spiro atoms. The number of hydrogen-bond acceptors (Lipinski definition) is 4. The molecule has 0 unspecified atom stereocenters. The smallest absolute Gasteiger partial charge is 0.272 e. The van der Waals surface area contributed by atoms with Crippen molar-refractivity contribution >= 4 is 28.3 Å². The summed E-state index contributed by atoms with van der Waals surface area (Å²) in [6, 6.07) is 12.4. The monoisotopic (exact) mass is 350 g/mol. The van der Waals surface area contributed by atoms with Gasteiger partial charge in [0.05, 0.1) is 11.9 Å². The Morgan fingerprint density at radius 1 is 1.00 bits per heavy atom. The van der Waals surface area contributed by atoms with E-state index in [4.69, 9.17) is 0 Å². The lowest BCUT2D eigenvalue weighted by atomic mass is 10.1. The summed E-state index contributed by atoms with van der Waals surface area (Å²) in [5, 5.41) is 12.3. The van der Waals surface area contributed by atoms with Crippen LogP contribution in [0.2, 0.25) is 0 Å². The van der Waals surface area contributed by atoms with Crippen molar-refractivity contribution < 1.29 is 9.59 Å². The molecule has 0 saturated heterocycles. The molecule has 2 amide bonds. The molecule has 3 N–H and O–H groups in total. The van der Waals surface area contributed by atoms with E-state index in [1.807, 2.05) is 32.0 Å². The first-order chi connectivity index (χ1) is 12.5. The van der Waals surface area contributed by atoms with Crippen molar-refractivity contribution in [3.8, 4) is 0 Å². The second-order valence-corrected chi connectivity index (χ2v) is 5.94. The van der Waals surface area contributed by atoms with Gasteiger partial charge >= 0.3 is 0 Å². The summed E-state index contributed by atoms with van der Waals surface area (Å²) in [6.45, 7) is 3.59. The minimum Gasteiger partial charge on any atom is -0.342 e. The number of carbonyl (C=O) groups excluding carboxylic acids is 2.